The smallest absolute Gasteiger partial charge is 0.230 e. The Labute approximate surface area is 126 Å². The predicted molar refractivity (Wildman–Crippen MR) is 77.1 cm³/mol. The van der Waals surface area contributed by atoms with Gasteiger partial charge in [0.15, 0.2) is 5.16 Å². The minimum Gasteiger partial charge on any atom is -0.341 e. The van der Waals surface area contributed by atoms with Crippen LogP contribution in [0.25, 0.3) is 0 Å². The Morgan fingerprint density at radius 3 is 2.65 bits per heavy atom. The first-order chi connectivity index (χ1) is 9.81. The van der Waals surface area contributed by atoms with Crippen LogP contribution in [0.5, 0.6) is 0 Å². The third-order valence-corrected chi connectivity index (χ3v) is 3.90. The molecule has 0 unspecified atom stereocenters. The van der Waals surface area contributed by atoms with Crippen LogP contribution in [0.15, 0.2) is 28.8 Å². The van der Waals surface area contributed by atoms with Gasteiger partial charge in [0, 0.05) is 25.5 Å². The molecule has 20 heavy (non-hydrogen) atoms. The van der Waals surface area contributed by atoms with E-state index in [1.165, 1.54) is 18.2 Å². The summed E-state index contributed by atoms with van der Waals surface area (Å²) in [6, 6.07) is 0. The van der Waals surface area contributed by atoms with E-state index < -0.39 is 0 Å². The summed E-state index contributed by atoms with van der Waals surface area (Å²) in [5, 5.41) is 1.50. The van der Waals surface area contributed by atoms with E-state index in [2.05, 4.69) is 29.8 Å². The summed E-state index contributed by atoms with van der Waals surface area (Å²) in [5.74, 6) is 0.649. The number of rotatable bonds is 3. The SMILES string of the molecule is Clc1nc(Sc2cnccn2)nc(N2CCCCC2)n1. The second kappa shape index (κ2) is 6.32. The topological polar surface area (TPSA) is 67.7 Å². The highest BCUT2D eigenvalue weighted by molar-refractivity contribution is 7.99. The van der Waals surface area contributed by atoms with Gasteiger partial charge in [-0.1, -0.05) is 0 Å². The molecule has 2 aromatic rings. The first kappa shape index (κ1) is 13.5. The lowest BCUT2D eigenvalue weighted by Crippen LogP contribution is -2.31. The molecule has 0 saturated carbocycles. The normalized spacial score (nSPS) is 15.3. The van der Waals surface area contributed by atoms with Crippen molar-refractivity contribution in [3.63, 3.8) is 0 Å². The Kier molecular flexibility index (Phi) is 4.27. The van der Waals surface area contributed by atoms with E-state index >= 15 is 0 Å². The summed E-state index contributed by atoms with van der Waals surface area (Å²) in [7, 11) is 0. The minimum absolute atomic E-state index is 0.215. The van der Waals surface area contributed by atoms with Gasteiger partial charge in [-0.2, -0.15) is 15.0 Å². The molecule has 0 aliphatic carbocycles. The Bertz CT molecular complexity index is 575. The predicted octanol–water partition coefficient (Wildman–Crippen LogP) is 2.46. The fraction of sp³-hybridized carbons (Fsp3) is 0.417. The molecule has 1 aliphatic rings. The van der Waals surface area contributed by atoms with Crippen LogP contribution >= 0.6 is 23.4 Å². The van der Waals surface area contributed by atoms with Crippen LogP contribution in [0.1, 0.15) is 19.3 Å². The van der Waals surface area contributed by atoms with Gasteiger partial charge in [-0.3, -0.25) is 4.98 Å². The number of hydrogen-bond acceptors (Lipinski definition) is 7. The van der Waals surface area contributed by atoms with Crippen LogP contribution < -0.4 is 4.90 Å². The summed E-state index contributed by atoms with van der Waals surface area (Å²) in [6.07, 6.45) is 8.52. The van der Waals surface area contributed by atoms with Gasteiger partial charge in [0.2, 0.25) is 11.2 Å². The molecule has 0 aromatic carbocycles. The number of piperidine rings is 1. The van der Waals surface area contributed by atoms with Crippen molar-refractivity contribution in [1.82, 2.24) is 24.9 Å². The lowest BCUT2D eigenvalue weighted by molar-refractivity contribution is 0.564. The Balaban J connectivity index is 1.82. The van der Waals surface area contributed by atoms with Crippen LogP contribution in [-0.2, 0) is 0 Å². The summed E-state index contributed by atoms with van der Waals surface area (Å²) < 4.78 is 0. The van der Waals surface area contributed by atoms with Gasteiger partial charge in [-0.05, 0) is 42.6 Å². The molecule has 0 atom stereocenters. The standard InChI is InChI=1S/C12H13ClN6S/c13-10-16-11(19-6-2-1-3-7-19)18-12(17-10)20-9-8-14-4-5-15-9/h4-5,8H,1-3,6-7H2. The maximum atomic E-state index is 6.00. The fourth-order valence-corrected chi connectivity index (χ4v) is 2.91. The maximum absolute atomic E-state index is 6.00. The number of anilines is 1. The molecule has 0 amide bonds. The number of aromatic nitrogens is 5. The maximum Gasteiger partial charge on any atom is 0.230 e. The second-order valence-corrected chi connectivity index (χ2v) is 5.71. The second-order valence-electron chi connectivity index (χ2n) is 4.38. The molecule has 1 fully saturated rings. The molecular formula is C12H13ClN6S. The van der Waals surface area contributed by atoms with E-state index in [1.54, 1.807) is 18.6 Å². The fourth-order valence-electron chi connectivity index (χ4n) is 2.03. The molecule has 3 rings (SSSR count). The Hall–Kier alpha value is -1.47. The summed E-state index contributed by atoms with van der Waals surface area (Å²) in [4.78, 5) is 23.2. The quantitative estimate of drug-likeness (QED) is 0.862. The van der Waals surface area contributed by atoms with Gasteiger partial charge in [-0.25, -0.2) is 4.98 Å². The highest BCUT2D eigenvalue weighted by atomic mass is 35.5. The Morgan fingerprint density at radius 1 is 1.05 bits per heavy atom. The molecule has 1 saturated heterocycles. The van der Waals surface area contributed by atoms with Crippen molar-refractivity contribution in [1.29, 1.82) is 0 Å². The molecule has 8 heteroatoms. The third kappa shape index (κ3) is 3.34. The van der Waals surface area contributed by atoms with Crippen molar-refractivity contribution >= 4 is 29.3 Å². The van der Waals surface area contributed by atoms with Crippen molar-refractivity contribution in [2.24, 2.45) is 0 Å². The number of nitrogens with zero attached hydrogens (tertiary/aromatic N) is 6. The summed E-state index contributed by atoms with van der Waals surface area (Å²) >= 11 is 7.33. The molecular weight excluding hydrogens is 296 g/mol. The van der Waals surface area contributed by atoms with Crippen molar-refractivity contribution < 1.29 is 0 Å². The number of hydrogen-bond donors (Lipinski definition) is 0. The highest BCUT2D eigenvalue weighted by Gasteiger charge is 2.16. The molecule has 0 radical (unpaired) electrons. The van der Waals surface area contributed by atoms with Crippen molar-refractivity contribution in [3.8, 4) is 0 Å². The van der Waals surface area contributed by atoms with Gasteiger partial charge in [-0.15, -0.1) is 0 Å². The molecule has 0 bridgehead atoms. The van der Waals surface area contributed by atoms with Gasteiger partial charge < -0.3 is 4.90 Å². The molecule has 0 spiro atoms. The van der Waals surface area contributed by atoms with Gasteiger partial charge in [0.05, 0.1) is 6.20 Å². The van der Waals surface area contributed by atoms with E-state index in [-0.39, 0.29) is 5.28 Å². The molecule has 0 N–H and O–H groups in total. The first-order valence-electron chi connectivity index (χ1n) is 6.42. The zero-order valence-corrected chi connectivity index (χ0v) is 12.3. The van der Waals surface area contributed by atoms with E-state index in [9.17, 15) is 0 Å². The molecule has 1 aliphatic heterocycles. The average Bonchev–Trinajstić information content (AvgIpc) is 2.49. The molecule has 6 nitrogen and oxygen atoms in total. The molecule has 3 heterocycles. The van der Waals surface area contributed by atoms with Gasteiger partial charge in [0.25, 0.3) is 0 Å². The summed E-state index contributed by atoms with van der Waals surface area (Å²) in [5.41, 5.74) is 0. The van der Waals surface area contributed by atoms with E-state index in [0.717, 1.165) is 31.0 Å². The lowest BCUT2D eigenvalue weighted by atomic mass is 10.1. The Morgan fingerprint density at radius 2 is 1.90 bits per heavy atom. The first-order valence-corrected chi connectivity index (χ1v) is 7.61. The van der Waals surface area contributed by atoms with Gasteiger partial charge in [0.1, 0.15) is 5.03 Å². The monoisotopic (exact) mass is 308 g/mol. The van der Waals surface area contributed by atoms with Crippen LogP contribution in [0.2, 0.25) is 5.28 Å². The minimum atomic E-state index is 0.215. The lowest BCUT2D eigenvalue weighted by Gasteiger charge is -2.26. The van der Waals surface area contributed by atoms with Crippen molar-refractivity contribution in [2.45, 2.75) is 29.4 Å². The zero-order valence-electron chi connectivity index (χ0n) is 10.7. The molecule has 104 valence electrons. The van der Waals surface area contributed by atoms with Crippen molar-refractivity contribution in [2.75, 3.05) is 18.0 Å². The molecule has 2 aromatic heterocycles. The van der Waals surface area contributed by atoms with Crippen LogP contribution in [0.4, 0.5) is 5.95 Å². The van der Waals surface area contributed by atoms with Crippen LogP contribution in [0.3, 0.4) is 0 Å². The average molecular weight is 309 g/mol. The van der Waals surface area contributed by atoms with Crippen LogP contribution in [0, 0.1) is 0 Å². The van der Waals surface area contributed by atoms with E-state index in [1.807, 2.05) is 0 Å². The van der Waals surface area contributed by atoms with E-state index in [0.29, 0.717) is 11.1 Å². The van der Waals surface area contributed by atoms with E-state index in [4.69, 9.17) is 11.6 Å². The van der Waals surface area contributed by atoms with Gasteiger partial charge >= 0.3 is 0 Å². The largest absolute Gasteiger partial charge is 0.341 e. The highest BCUT2D eigenvalue weighted by Crippen LogP contribution is 2.25. The number of halogens is 1. The van der Waals surface area contributed by atoms with Crippen LogP contribution in [-0.4, -0.2) is 38.0 Å². The summed E-state index contributed by atoms with van der Waals surface area (Å²) in [6.45, 7) is 1.94. The zero-order chi connectivity index (χ0) is 13.8. The third-order valence-electron chi connectivity index (χ3n) is 2.95. The van der Waals surface area contributed by atoms with Crippen molar-refractivity contribution in [3.05, 3.63) is 23.9 Å².